The lowest BCUT2D eigenvalue weighted by Gasteiger charge is -2.33. The van der Waals surface area contributed by atoms with E-state index in [4.69, 9.17) is 10.2 Å². The van der Waals surface area contributed by atoms with Crippen LogP contribution >= 0.6 is 11.3 Å². The summed E-state index contributed by atoms with van der Waals surface area (Å²) < 4.78 is 5.87. The van der Waals surface area contributed by atoms with E-state index in [1.807, 2.05) is 50.2 Å². The molecule has 1 fully saturated rings. The molecule has 3 N–H and O–H groups in total. The maximum absolute atomic E-state index is 13.6. The van der Waals surface area contributed by atoms with Gasteiger partial charge in [-0.25, -0.2) is 9.78 Å². The van der Waals surface area contributed by atoms with E-state index in [0.29, 0.717) is 28.8 Å². The lowest BCUT2D eigenvalue weighted by molar-refractivity contribution is -0.123. The predicted octanol–water partition coefficient (Wildman–Crippen LogP) is 7.07. The number of carbonyl (C=O) groups is 2. The molecule has 1 aliphatic rings. The second-order valence-corrected chi connectivity index (χ2v) is 11.3. The molecule has 2 aromatic carbocycles. The molecule has 5 rings (SSSR count). The molecular weight excluding hydrogens is 486 g/mol. The molecule has 2 heterocycles. The maximum atomic E-state index is 13.6. The van der Waals surface area contributed by atoms with Crippen molar-refractivity contribution in [3.63, 3.8) is 0 Å². The number of hydrogen-bond acceptors (Lipinski definition) is 6. The number of carbonyl (C=O) groups excluding carboxylic acids is 1. The van der Waals surface area contributed by atoms with Crippen molar-refractivity contribution in [1.82, 2.24) is 4.98 Å². The fraction of sp³-hybridized carbons (Fsp3) is 0.345. The van der Waals surface area contributed by atoms with Gasteiger partial charge in [0.15, 0.2) is 5.58 Å². The molecule has 2 aromatic heterocycles. The number of carboxylic acid groups (broad SMARTS) is 1. The van der Waals surface area contributed by atoms with Crippen molar-refractivity contribution in [2.75, 3.05) is 10.6 Å². The first-order chi connectivity index (χ1) is 17.7. The van der Waals surface area contributed by atoms with E-state index < -0.39 is 5.97 Å². The predicted molar refractivity (Wildman–Crippen MR) is 148 cm³/mol. The molecule has 1 saturated carbocycles. The van der Waals surface area contributed by atoms with Crippen molar-refractivity contribution >= 4 is 45.7 Å². The van der Waals surface area contributed by atoms with Crippen LogP contribution in [-0.2, 0) is 4.79 Å². The number of benzene rings is 2. The number of nitrogens with two attached hydrogens (primary N) is 1. The second kappa shape index (κ2) is 10.0. The van der Waals surface area contributed by atoms with Gasteiger partial charge in [0.2, 0.25) is 11.8 Å². The van der Waals surface area contributed by atoms with Gasteiger partial charge < -0.3 is 20.2 Å². The normalized spacial score (nSPS) is 17.8. The van der Waals surface area contributed by atoms with Gasteiger partial charge in [0.05, 0.1) is 5.69 Å². The molecule has 0 bridgehead atoms. The van der Waals surface area contributed by atoms with Crippen LogP contribution in [0.2, 0.25) is 0 Å². The Labute approximate surface area is 219 Å². The molecular formula is C29H31N3O4S. The van der Waals surface area contributed by atoms with Gasteiger partial charge in [0, 0.05) is 34.2 Å². The Hall–Kier alpha value is -3.65. The first kappa shape index (κ1) is 25.0. The first-order valence-electron chi connectivity index (χ1n) is 12.7. The Kier molecular flexibility index (Phi) is 6.77. The third kappa shape index (κ3) is 4.98. The number of aromatic carboxylic acids is 1. The van der Waals surface area contributed by atoms with Crippen LogP contribution < -0.4 is 10.6 Å². The van der Waals surface area contributed by atoms with Crippen LogP contribution in [0.15, 0.2) is 52.9 Å². The summed E-state index contributed by atoms with van der Waals surface area (Å²) >= 11 is 1.19. The minimum atomic E-state index is -1.02. The first-order valence-corrected chi connectivity index (χ1v) is 13.5. The minimum absolute atomic E-state index is 0.0284. The topological polar surface area (TPSA) is 110 Å². The van der Waals surface area contributed by atoms with Gasteiger partial charge in [-0.2, -0.15) is 0 Å². The van der Waals surface area contributed by atoms with E-state index in [1.165, 1.54) is 11.3 Å². The zero-order valence-corrected chi connectivity index (χ0v) is 22.0. The Morgan fingerprint density at radius 1 is 1.05 bits per heavy atom. The molecule has 0 unspecified atom stereocenters. The molecule has 0 spiro atoms. The van der Waals surface area contributed by atoms with Crippen molar-refractivity contribution in [2.24, 2.45) is 11.8 Å². The largest absolute Gasteiger partial charge is 0.477 e. The summed E-state index contributed by atoms with van der Waals surface area (Å²) in [6, 6.07) is 14.7. The highest BCUT2D eigenvalue weighted by Crippen LogP contribution is 2.40. The van der Waals surface area contributed by atoms with Gasteiger partial charge in [0.1, 0.15) is 10.4 Å². The minimum Gasteiger partial charge on any atom is -0.477 e. The van der Waals surface area contributed by atoms with Crippen molar-refractivity contribution in [3.8, 4) is 21.9 Å². The van der Waals surface area contributed by atoms with Crippen LogP contribution in [0.3, 0.4) is 0 Å². The zero-order chi connectivity index (χ0) is 26.3. The lowest BCUT2D eigenvalue weighted by Crippen LogP contribution is -2.42. The van der Waals surface area contributed by atoms with Crippen LogP contribution in [0, 0.1) is 11.8 Å². The van der Waals surface area contributed by atoms with Crippen LogP contribution in [0.5, 0.6) is 0 Å². The molecule has 0 saturated heterocycles. The van der Waals surface area contributed by atoms with Crippen LogP contribution in [0.1, 0.15) is 56.1 Å². The molecule has 7 nitrogen and oxygen atoms in total. The summed E-state index contributed by atoms with van der Waals surface area (Å²) in [6.07, 6.45) is 3.77. The number of nitrogens with zero attached hydrogens (tertiary/aromatic N) is 2. The highest BCUT2D eigenvalue weighted by Gasteiger charge is 2.33. The van der Waals surface area contributed by atoms with Gasteiger partial charge in [-0.05, 0) is 81.3 Å². The maximum Gasteiger partial charge on any atom is 0.348 e. The standard InChI is InChI=1S/C29H31N3O4S/c1-16(2)32(28(33)20-6-4-17(3)5-7-20)23-15-25(37-26(23)29(34)35)18-8-10-19(11-9-18)27-31-22-13-12-21(30)14-24(22)36-27/h8-17,20H,4-7,30H2,1-3H3,(H,34,35). The third-order valence-electron chi connectivity index (χ3n) is 7.11. The summed E-state index contributed by atoms with van der Waals surface area (Å²) in [5.74, 6) is 0.0675. The number of aromatic nitrogens is 1. The number of oxazole rings is 1. The fourth-order valence-electron chi connectivity index (χ4n) is 5.05. The molecule has 0 radical (unpaired) electrons. The highest BCUT2D eigenvalue weighted by atomic mass is 32.1. The number of thiophene rings is 1. The third-order valence-corrected chi connectivity index (χ3v) is 8.28. The zero-order valence-electron chi connectivity index (χ0n) is 21.2. The summed E-state index contributed by atoms with van der Waals surface area (Å²) in [6.45, 7) is 6.10. The molecule has 1 amide bonds. The lowest BCUT2D eigenvalue weighted by atomic mass is 9.82. The second-order valence-electron chi connectivity index (χ2n) is 10.2. The molecule has 4 aromatic rings. The van der Waals surface area contributed by atoms with E-state index in [2.05, 4.69) is 11.9 Å². The van der Waals surface area contributed by atoms with E-state index >= 15 is 0 Å². The number of carboxylic acids is 1. The number of anilines is 2. The number of amides is 1. The van der Waals surface area contributed by atoms with Gasteiger partial charge in [-0.3, -0.25) is 4.79 Å². The summed E-state index contributed by atoms with van der Waals surface area (Å²) in [4.78, 5) is 33.0. The average Bonchev–Trinajstić information content (AvgIpc) is 3.49. The van der Waals surface area contributed by atoms with Gasteiger partial charge in [0.25, 0.3) is 0 Å². The molecule has 37 heavy (non-hydrogen) atoms. The molecule has 0 atom stereocenters. The van der Waals surface area contributed by atoms with Crippen molar-refractivity contribution < 1.29 is 19.1 Å². The Balaban J connectivity index is 1.46. The number of hydrogen-bond donors (Lipinski definition) is 2. The smallest absolute Gasteiger partial charge is 0.348 e. The molecule has 0 aliphatic heterocycles. The van der Waals surface area contributed by atoms with Crippen LogP contribution in [-0.4, -0.2) is 28.0 Å². The van der Waals surface area contributed by atoms with Crippen LogP contribution in [0.25, 0.3) is 33.0 Å². The number of rotatable bonds is 6. The fourth-order valence-corrected chi connectivity index (χ4v) is 6.05. The van der Waals surface area contributed by atoms with E-state index in [-0.39, 0.29) is 22.7 Å². The summed E-state index contributed by atoms with van der Waals surface area (Å²) in [7, 11) is 0. The highest BCUT2D eigenvalue weighted by molar-refractivity contribution is 7.18. The summed E-state index contributed by atoms with van der Waals surface area (Å²) in [5.41, 5.74) is 9.96. The molecule has 1 aliphatic carbocycles. The monoisotopic (exact) mass is 517 g/mol. The Bertz CT molecular complexity index is 1450. The van der Waals surface area contributed by atoms with Crippen molar-refractivity contribution in [2.45, 2.75) is 52.5 Å². The van der Waals surface area contributed by atoms with Crippen molar-refractivity contribution in [1.29, 1.82) is 0 Å². The molecule has 192 valence electrons. The van der Waals surface area contributed by atoms with E-state index in [1.54, 1.807) is 17.0 Å². The number of nitrogen functional groups attached to an aromatic ring is 1. The van der Waals surface area contributed by atoms with E-state index in [0.717, 1.165) is 47.2 Å². The molecule has 8 heteroatoms. The Morgan fingerprint density at radius 2 is 1.73 bits per heavy atom. The SMILES string of the molecule is CC1CCC(C(=O)N(c2cc(-c3ccc(-c4nc5ccc(N)cc5o4)cc3)sc2C(=O)O)C(C)C)CC1. The summed E-state index contributed by atoms with van der Waals surface area (Å²) in [5, 5.41) is 10.0. The van der Waals surface area contributed by atoms with Crippen molar-refractivity contribution in [3.05, 3.63) is 53.4 Å². The van der Waals surface area contributed by atoms with Crippen LogP contribution in [0.4, 0.5) is 11.4 Å². The van der Waals surface area contributed by atoms with Gasteiger partial charge >= 0.3 is 5.97 Å². The quantitative estimate of drug-likeness (QED) is 0.265. The number of fused-ring (bicyclic) bond motifs is 1. The van der Waals surface area contributed by atoms with Gasteiger partial charge in [-0.15, -0.1) is 11.3 Å². The Morgan fingerprint density at radius 3 is 2.38 bits per heavy atom. The van der Waals surface area contributed by atoms with E-state index in [9.17, 15) is 14.7 Å². The average molecular weight is 518 g/mol. The van der Waals surface area contributed by atoms with Gasteiger partial charge in [-0.1, -0.05) is 19.1 Å².